The lowest BCUT2D eigenvalue weighted by Gasteiger charge is -2.25. The number of benzene rings is 1. The van der Waals surface area contributed by atoms with Gasteiger partial charge in [-0.2, -0.15) is 0 Å². The van der Waals surface area contributed by atoms with E-state index in [0.29, 0.717) is 29.6 Å². The molecule has 2 fully saturated rings. The minimum Gasteiger partial charge on any atom is -0.493 e. The fourth-order valence-corrected chi connectivity index (χ4v) is 2.94. The van der Waals surface area contributed by atoms with Crippen LogP contribution in [0.3, 0.4) is 0 Å². The Balaban J connectivity index is 1.65. The molecule has 0 unspecified atom stereocenters. The Morgan fingerprint density at radius 2 is 1.75 bits per heavy atom. The average Bonchev–Trinajstić information content (AvgIpc) is 2.89. The van der Waals surface area contributed by atoms with Crippen LogP contribution in [0.5, 0.6) is 11.5 Å². The fourth-order valence-electron chi connectivity index (χ4n) is 2.94. The molecule has 20 heavy (non-hydrogen) atoms. The molecule has 0 amide bonds. The fraction of sp³-hybridized carbons (Fsp3) is 0.647. The maximum absolute atomic E-state index is 14.3. The molecule has 2 nitrogen and oxygen atoms in total. The molecular weight excluding hydrogens is 255 g/mol. The van der Waals surface area contributed by atoms with Crippen LogP contribution in [-0.4, -0.2) is 12.7 Å². The Labute approximate surface area is 120 Å². The zero-order chi connectivity index (χ0) is 13.9. The van der Waals surface area contributed by atoms with Gasteiger partial charge in [-0.25, -0.2) is 4.39 Å². The predicted octanol–water partition coefficient (Wildman–Crippen LogP) is 4.63. The van der Waals surface area contributed by atoms with E-state index < -0.39 is 0 Å². The Morgan fingerprint density at radius 3 is 2.40 bits per heavy atom. The van der Waals surface area contributed by atoms with Crippen LogP contribution >= 0.6 is 0 Å². The third kappa shape index (κ3) is 2.92. The van der Waals surface area contributed by atoms with Gasteiger partial charge in [0.05, 0.1) is 12.7 Å². The van der Waals surface area contributed by atoms with E-state index in [1.165, 1.54) is 32.1 Å². The van der Waals surface area contributed by atoms with E-state index in [1.54, 1.807) is 13.0 Å². The second-order valence-corrected chi connectivity index (χ2v) is 6.13. The Morgan fingerprint density at radius 1 is 1.05 bits per heavy atom. The van der Waals surface area contributed by atoms with Gasteiger partial charge >= 0.3 is 0 Å². The minimum atomic E-state index is -0.261. The van der Waals surface area contributed by atoms with E-state index in [4.69, 9.17) is 9.47 Å². The number of hydrogen-bond acceptors (Lipinski definition) is 2. The molecule has 2 aliphatic carbocycles. The molecule has 2 aliphatic rings. The Bertz CT molecular complexity index is 462. The summed E-state index contributed by atoms with van der Waals surface area (Å²) in [5.41, 5.74) is 0.569. The van der Waals surface area contributed by atoms with Crippen LogP contribution < -0.4 is 9.47 Å². The van der Waals surface area contributed by atoms with Gasteiger partial charge in [-0.15, -0.1) is 0 Å². The van der Waals surface area contributed by atoms with Crippen LogP contribution in [0.15, 0.2) is 12.1 Å². The van der Waals surface area contributed by atoms with Gasteiger partial charge in [0.1, 0.15) is 5.75 Å². The van der Waals surface area contributed by atoms with Gasteiger partial charge in [-0.3, -0.25) is 0 Å². The predicted molar refractivity (Wildman–Crippen MR) is 76.9 cm³/mol. The van der Waals surface area contributed by atoms with Crippen LogP contribution in [0.2, 0.25) is 0 Å². The third-order valence-electron chi connectivity index (χ3n) is 4.60. The second-order valence-electron chi connectivity index (χ2n) is 6.13. The van der Waals surface area contributed by atoms with Gasteiger partial charge in [0, 0.05) is 5.56 Å². The van der Waals surface area contributed by atoms with Gasteiger partial charge in [0.2, 0.25) is 0 Å². The highest BCUT2D eigenvalue weighted by Gasteiger charge is 2.21. The Hall–Kier alpha value is -1.25. The number of hydrogen-bond donors (Lipinski definition) is 0. The molecule has 0 N–H and O–H groups in total. The molecule has 0 heterocycles. The number of ether oxygens (including phenoxy) is 2. The third-order valence-corrected chi connectivity index (χ3v) is 4.60. The highest BCUT2D eigenvalue weighted by molar-refractivity contribution is 5.41. The molecule has 3 rings (SSSR count). The van der Waals surface area contributed by atoms with Gasteiger partial charge in [0.25, 0.3) is 0 Å². The first-order valence-corrected chi connectivity index (χ1v) is 7.82. The maximum Gasteiger partial charge on any atom is 0.171 e. The highest BCUT2D eigenvalue weighted by atomic mass is 19.1. The van der Waals surface area contributed by atoms with Crippen molar-refractivity contribution in [3.05, 3.63) is 23.5 Å². The zero-order valence-electron chi connectivity index (χ0n) is 12.2. The first-order valence-electron chi connectivity index (χ1n) is 7.82. The smallest absolute Gasteiger partial charge is 0.171 e. The molecule has 0 aromatic heterocycles. The van der Waals surface area contributed by atoms with Crippen molar-refractivity contribution in [1.82, 2.24) is 0 Å². The Kier molecular flexibility index (Phi) is 4.13. The summed E-state index contributed by atoms with van der Waals surface area (Å²) in [5, 5.41) is 0. The molecule has 0 radical (unpaired) electrons. The monoisotopic (exact) mass is 278 g/mol. The van der Waals surface area contributed by atoms with Gasteiger partial charge in [-0.05, 0) is 63.5 Å². The first-order chi connectivity index (χ1) is 9.74. The summed E-state index contributed by atoms with van der Waals surface area (Å²) in [6, 6.07) is 3.57. The lowest BCUT2D eigenvalue weighted by Crippen LogP contribution is -2.19. The van der Waals surface area contributed by atoms with Crippen molar-refractivity contribution in [3.8, 4) is 11.5 Å². The molecular formula is C17H23FO2. The van der Waals surface area contributed by atoms with E-state index in [2.05, 4.69) is 0 Å². The highest BCUT2D eigenvalue weighted by Crippen LogP contribution is 2.33. The maximum atomic E-state index is 14.3. The normalized spacial score (nSPS) is 19.9. The van der Waals surface area contributed by atoms with Crippen molar-refractivity contribution in [2.45, 2.75) is 58.0 Å². The molecule has 0 aliphatic heterocycles. The number of rotatable bonds is 5. The molecule has 1 aromatic rings. The summed E-state index contributed by atoms with van der Waals surface area (Å²) >= 11 is 0. The average molecular weight is 278 g/mol. The van der Waals surface area contributed by atoms with Crippen molar-refractivity contribution in [1.29, 1.82) is 0 Å². The van der Waals surface area contributed by atoms with E-state index in [9.17, 15) is 4.39 Å². The van der Waals surface area contributed by atoms with Crippen molar-refractivity contribution in [2.24, 2.45) is 5.92 Å². The van der Waals surface area contributed by atoms with Crippen LogP contribution in [0.1, 0.15) is 50.5 Å². The van der Waals surface area contributed by atoms with E-state index in [-0.39, 0.29) is 11.9 Å². The largest absolute Gasteiger partial charge is 0.493 e. The molecule has 110 valence electrons. The first kappa shape index (κ1) is 13.7. The summed E-state index contributed by atoms with van der Waals surface area (Å²) in [7, 11) is 0. The van der Waals surface area contributed by atoms with Crippen molar-refractivity contribution in [3.63, 3.8) is 0 Å². The summed E-state index contributed by atoms with van der Waals surface area (Å²) in [6.07, 6.45) is 8.42. The zero-order valence-corrected chi connectivity index (χ0v) is 12.2. The van der Waals surface area contributed by atoms with Crippen LogP contribution in [0, 0.1) is 18.7 Å². The van der Waals surface area contributed by atoms with Crippen LogP contribution in [0.4, 0.5) is 4.39 Å². The second kappa shape index (κ2) is 6.02. The molecule has 3 heteroatoms. The van der Waals surface area contributed by atoms with Crippen molar-refractivity contribution >= 4 is 0 Å². The topological polar surface area (TPSA) is 18.5 Å². The molecule has 2 saturated carbocycles. The minimum absolute atomic E-state index is 0.186. The summed E-state index contributed by atoms with van der Waals surface area (Å²) in [5.74, 6) is 1.44. The van der Waals surface area contributed by atoms with Gasteiger partial charge < -0.3 is 9.47 Å². The summed E-state index contributed by atoms with van der Waals surface area (Å²) in [4.78, 5) is 0. The molecule has 0 atom stereocenters. The SMILES string of the molecule is Cc1c(OCC2CCC2)ccc(OC2CCCC2)c1F. The van der Waals surface area contributed by atoms with Crippen molar-refractivity contribution in [2.75, 3.05) is 6.61 Å². The lowest BCUT2D eigenvalue weighted by molar-refractivity contribution is 0.177. The van der Waals surface area contributed by atoms with Gasteiger partial charge in [0.15, 0.2) is 11.6 Å². The summed E-state index contributed by atoms with van der Waals surface area (Å²) in [6.45, 7) is 2.48. The molecule has 0 saturated heterocycles. The van der Waals surface area contributed by atoms with E-state index in [0.717, 1.165) is 12.8 Å². The lowest BCUT2D eigenvalue weighted by atomic mass is 9.86. The van der Waals surface area contributed by atoms with Gasteiger partial charge in [-0.1, -0.05) is 6.42 Å². The van der Waals surface area contributed by atoms with E-state index >= 15 is 0 Å². The number of halogens is 1. The van der Waals surface area contributed by atoms with Crippen LogP contribution in [0.25, 0.3) is 0 Å². The van der Waals surface area contributed by atoms with Crippen LogP contribution in [-0.2, 0) is 0 Å². The van der Waals surface area contributed by atoms with E-state index in [1.807, 2.05) is 6.07 Å². The standard InChI is InChI=1S/C17H23FO2/c1-12-15(19-11-13-5-4-6-13)9-10-16(17(12)18)20-14-7-2-3-8-14/h9-10,13-14H,2-8,11H2,1H3. The molecule has 0 bridgehead atoms. The quantitative estimate of drug-likeness (QED) is 0.781. The summed E-state index contributed by atoms with van der Waals surface area (Å²) < 4.78 is 25.9. The van der Waals surface area contributed by atoms with Crippen molar-refractivity contribution < 1.29 is 13.9 Å². The molecule has 0 spiro atoms. The molecule has 1 aromatic carbocycles.